The van der Waals surface area contributed by atoms with E-state index in [4.69, 9.17) is 23.2 Å². The van der Waals surface area contributed by atoms with Gasteiger partial charge in [0.2, 0.25) is 5.78 Å². The van der Waals surface area contributed by atoms with Crippen LogP contribution in [0.4, 0.5) is 5.69 Å². The van der Waals surface area contributed by atoms with Crippen LogP contribution < -0.4 is 4.90 Å². The lowest BCUT2D eigenvalue weighted by atomic mass is 9.80. The van der Waals surface area contributed by atoms with Gasteiger partial charge in [-0.05, 0) is 65.3 Å². The molecule has 0 saturated heterocycles. The predicted octanol–water partition coefficient (Wildman–Crippen LogP) is 7.19. The van der Waals surface area contributed by atoms with Crippen LogP contribution in [0.1, 0.15) is 16.7 Å². The Morgan fingerprint density at radius 3 is 1.87 bits per heavy atom. The van der Waals surface area contributed by atoms with Crippen molar-refractivity contribution in [3.63, 3.8) is 0 Å². The van der Waals surface area contributed by atoms with Crippen LogP contribution in [0.5, 0.6) is 0 Å². The number of hydrogen-bond donors (Lipinski definition) is 1. The summed E-state index contributed by atoms with van der Waals surface area (Å²) in [5, 5.41) is 12.2. The first-order valence-corrected chi connectivity index (χ1v) is 13.0. The average Bonchev–Trinajstić information content (AvgIpc) is 2.92. The Morgan fingerprint density at radius 1 is 0.763 bits per heavy atom. The van der Waals surface area contributed by atoms with Crippen molar-refractivity contribution in [3.05, 3.63) is 141 Å². The third kappa shape index (κ3) is 5.38. The van der Waals surface area contributed by atoms with Crippen molar-refractivity contribution in [1.29, 1.82) is 0 Å². The van der Waals surface area contributed by atoms with Crippen molar-refractivity contribution < 1.29 is 14.5 Å². The zero-order chi connectivity index (χ0) is 26.8. The molecule has 3 aromatic carbocycles. The molecule has 38 heavy (non-hydrogen) atoms. The largest absolute Gasteiger partial charge is 0.506 e. The van der Waals surface area contributed by atoms with Crippen molar-refractivity contribution in [1.82, 2.24) is 0 Å². The number of anilines is 1. The van der Waals surface area contributed by atoms with Gasteiger partial charge in [0.05, 0.1) is 11.1 Å². The molecule has 1 N–H and O–H groups in total. The molecule has 3 aromatic rings. The molecule has 0 saturated carbocycles. The minimum absolute atomic E-state index is 0.0412. The fourth-order valence-electron chi connectivity index (χ4n) is 4.61. The first-order valence-electron chi connectivity index (χ1n) is 12.3. The topological polar surface area (TPSA) is 43.5 Å². The Balaban J connectivity index is 1.29. The van der Waals surface area contributed by atoms with Crippen LogP contribution in [0.15, 0.2) is 114 Å². The van der Waals surface area contributed by atoms with Crippen molar-refractivity contribution >= 4 is 46.0 Å². The molecule has 0 heterocycles. The lowest BCUT2D eigenvalue weighted by Crippen LogP contribution is -2.23. The summed E-state index contributed by atoms with van der Waals surface area (Å²) in [5.74, 6) is -0.105. The number of hydrogen-bond acceptors (Lipinski definition) is 3. The molecule has 6 heteroatoms. The van der Waals surface area contributed by atoms with E-state index < -0.39 is 0 Å². The molecule has 0 fully saturated rings. The van der Waals surface area contributed by atoms with Crippen LogP contribution in [0.2, 0.25) is 10.0 Å². The quantitative estimate of drug-likeness (QED) is 0.265. The fraction of sp³-hybridized carbons (Fsp3) is 0.125. The third-order valence-electron chi connectivity index (χ3n) is 6.79. The molecule has 0 radical (unpaired) electrons. The molecule has 0 aliphatic heterocycles. The summed E-state index contributed by atoms with van der Waals surface area (Å²) in [7, 11) is 4.02. The minimum atomic E-state index is -0.146. The molecule has 2 aliphatic rings. The zero-order valence-corrected chi connectivity index (χ0v) is 22.7. The first-order chi connectivity index (χ1) is 18.3. The Bertz CT molecular complexity index is 1520. The van der Waals surface area contributed by atoms with Gasteiger partial charge in [-0.2, -0.15) is 0 Å². The second-order valence-electron chi connectivity index (χ2n) is 9.49. The molecular weight excluding hydrogens is 515 g/mol. The zero-order valence-electron chi connectivity index (χ0n) is 21.2. The lowest BCUT2D eigenvalue weighted by molar-refractivity contribution is -0.512. The Hall–Kier alpha value is -3.86. The van der Waals surface area contributed by atoms with Crippen LogP contribution in [0, 0.1) is 0 Å². The second kappa shape index (κ2) is 10.9. The Labute approximate surface area is 232 Å². The standard InChI is InChI=1S/C32H26Cl2N2O2/c1-35(19-21-3-11-25(33)12-4-21)27-15-7-23(8-16-27)29-31(37)30(32(29)38)24-9-17-28(18-10-24)36(2)20-22-5-13-26(34)14-6-22/h3-18H,19-20H2,1-2H3/p+1. The van der Waals surface area contributed by atoms with Crippen LogP contribution in [-0.2, 0) is 17.9 Å². The van der Waals surface area contributed by atoms with E-state index in [1.165, 1.54) is 0 Å². The number of nitrogens with zero attached hydrogens (tertiary/aromatic N) is 2. The van der Waals surface area contributed by atoms with E-state index >= 15 is 0 Å². The molecule has 5 rings (SSSR count). The number of rotatable bonds is 6. The first kappa shape index (κ1) is 25.8. The van der Waals surface area contributed by atoms with E-state index in [-0.39, 0.29) is 11.5 Å². The molecule has 0 spiro atoms. The van der Waals surface area contributed by atoms with Crippen LogP contribution in [0.25, 0.3) is 5.57 Å². The van der Waals surface area contributed by atoms with Gasteiger partial charge in [-0.1, -0.05) is 59.6 Å². The van der Waals surface area contributed by atoms with Crippen LogP contribution >= 0.6 is 23.2 Å². The van der Waals surface area contributed by atoms with Gasteiger partial charge in [-0.15, -0.1) is 0 Å². The predicted molar refractivity (Wildman–Crippen MR) is 156 cm³/mol. The van der Waals surface area contributed by atoms with Crippen molar-refractivity contribution in [2.75, 3.05) is 19.0 Å². The average molecular weight is 542 g/mol. The van der Waals surface area contributed by atoms with Crippen molar-refractivity contribution in [2.45, 2.75) is 13.1 Å². The smallest absolute Gasteiger partial charge is 0.201 e. The number of benzene rings is 3. The summed E-state index contributed by atoms with van der Waals surface area (Å²) >= 11 is 12.0. The van der Waals surface area contributed by atoms with Crippen molar-refractivity contribution in [3.8, 4) is 0 Å². The van der Waals surface area contributed by atoms with E-state index in [9.17, 15) is 9.90 Å². The highest BCUT2D eigenvalue weighted by atomic mass is 35.5. The van der Waals surface area contributed by atoms with Crippen LogP contribution in [-0.4, -0.2) is 35.3 Å². The summed E-state index contributed by atoms with van der Waals surface area (Å²) in [6.07, 6.45) is 7.68. The van der Waals surface area contributed by atoms with Gasteiger partial charge in [0.15, 0.2) is 12.3 Å². The van der Waals surface area contributed by atoms with Gasteiger partial charge in [0, 0.05) is 47.0 Å². The summed E-state index contributed by atoms with van der Waals surface area (Å²) in [4.78, 5) is 15.2. The van der Waals surface area contributed by atoms with Crippen molar-refractivity contribution in [2.24, 2.45) is 0 Å². The summed E-state index contributed by atoms with van der Waals surface area (Å²) in [6.45, 7) is 1.46. The number of aliphatic hydroxyl groups excluding tert-OH is 1. The summed E-state index contributed by atoms with van der Waals surface area (Å²) in [5.41, 5.74) is 6.45. The molecule has 0 amide bonds. The summed E-state index contributed by atoms with van der Waals surface area (Å²) in [6, 6.07) is 23.2. The van der Waals surface area contributed by atoms with Gasteiger partial charge >= 0.3 is 0 Å². The number of halogens is 2. The van der Waals surface area contributed by atoms with Gasteiger partial charge in [-0.3, -0.25) is 4.79 Å². The van der Waals surface area contributed by atoms with E-state index in [1.807, 2.05) is 111 Å². The molecule has 0 atom stereocenters. The Kier molecular flexibility index (Phi) is 7.37. The Morgan fingerprint density at radius 2 is 1.32 bits per heavy atom. The van der Waals surface area contributed by atoms with Gasteiger partial charge in [0.1, 0.15) is 12.8 Å². The van der Waals surface area contributed by atoms with E-state index in [1.54, 1.807) is 0 Å². The highest BCUT2D eigenvalue weighted by Gasteiger charge is 2.36. The van der Waals surface area contributed by atoms with E-state index in [0.29, 0.717) is 32.3 Å². The molecule has 0 aromatic heterocycles. The lowest BCUT2D eigenvalue weighted by Gasteiger charge is -2.24. The molecule has 2 aliphatic carbocycles. The fourth-order valence-corrected chi connectivity index (χ4v) is 4.87. The number of carbonyl (C=O) groups excluding carboxylic acids is 1. The normalized spacial score (nSPS) is 14.7. The van der Waals surface area contributed by atoms with Gasteiger partial charge < -0.3 is 10.0 Å². The maximum Gasteiger partial charge on any atom is 0.201 e. The molecular formula is C32H27Cl2N2O2+. The van der Waals surface area contributed by atoms with E-state index in [2.05, 4.69) is 9.48 Å². The highest BCUT2D eigenvalue weighted by Crippen LogP contribution is 2.39. The molecule has 0 unspecified atom stereocenters. The number of allylic oxidation sites excluding steroid dienone is 7. The number of ketones is 1. The SMILES string of the molecule is CN(Cc1ccc(Cl)cc1)c1ccc(C2=C(O)C(=C3C=CC(=[N+](C)Cc4ccc(Cl)cc4)C=C3)C2=O)cc1. The van der Waals surface area contributed by atoms with E-state index in [0.717, 1.165) is 35.6 Å². The van der Waals surface area contributed by atoms with Gasteiger partial charge in [-0.25, -0.2) is 4.58 Å². The maximum atomic E-state index is 13.1. The van der Waals surface area contributed by atoms with Crippen LogP contribution in [0.3, 0.4) is 0 Å². The number of Topliss-reactive ketones (excluding diaryl/α,β-unsaturated/α-hetero) is 1. The molecule has 4 nitrogen and oxygen atoms in total. The maximum absolute atomic E-state index is 13.1. The minimum Gasteiger partial charge on any atom is -0.506 e. The second-order valence-corrected chi connectivity index (χ2v) is 10.4. The number of carbonyl (C=O) groups is 1. The number of aliphatic hydroxyl groups is 1. The summed E-state index contributed by atoms with van der Waals surface area (Å²) < 4.78 is 2.12. The molecule has 190 valence electrons. The monoisotopic (exact) mass is 541 g/mol. The molecule has 0 bridgehead atoms. The van der Waals surface area contributed by atoms with Gasteiger partial charge in [0.25, 0.3) is 0 Å². The third-order valence-corrected chi connectivity index (χ3v) is 7.29. The highest BCUT2D eigenvalue weighted by molar-refractivity contribution is 6.39.